The van der Waals surface area contributed by atoms with Crippen LogP contribution in [0.1, 0.15) is 18.9 Å². The van der Waals surface area contributed by atoms with Gasteiger partial charge in [0.25, 0.3) is 0 Å². The van der Waals surface area contributed by atoms with E-state index in [9.17, 15) is 19.5 Å². The molecule has 196 valence electrons. The lowest BCUT2D eigenvalue weighted by atomic mass is 9.62. The number of amides is 2. The van der Waals surface area contributed by atoms with Gasteiger partial charge >= 0.3 is 5.97 Å². The maximum absolute atomic E-state index is 14.0. The fourth-order valence-corrected chi connectivity index (χ4v) is 5.93. The van der Waals surface area contributed by atoms with Gasteiger partial charge in [0.15, 0.2) is 6.04 Å². The molecule has 4 aliphatic rings. The molecule has 1 aliphatic carbocycles. The molecule has 5 rings (SSSR count). The molecule has 1 aromatic rings. The SMILES string of the molecule is CC(O)C(NC(=O)C12CC3OC(=O)C1N(Cc1ccc(I)cc1)OC2C1OCOC31)C(=O)NCCO. The number of halogens is 1. The molecule has 13 heteroatoms. The minimum Gasteiger partial charge on any atom is -0.458 e. The van der Waals surface area contributed by atoms with E-state index < -0.39 is 65.8 Å². The van der Waals surface area contributed by atoms with Crippen LogP contribution in [0, 0.1) is 8.99 Å². The van der Waals surface area contributed by atoms with Crippen LogP contribution in [0.25, 0.3) is 0 Å². The lowest BCUT2D eigenvalue weighted by molar-refractivity contribution is -0.201. The number of hydrogen-bond acceptors (Lipinski definition) is 10. The summed E-state index contributed by atoms with van der Waals surface area (Å²) in [4.78, 5) is 46.2. The second kappa shape index (κ2) is 10.1. The van der Waals surface area contributed by atoms with Crippen molar-refractivity contribution in [2.24, 2.45) is 5.41 Å². The third-order valence-electron chi connectivity index (χ3n) is 7.21. The Kier molecular flexibility index (Phi) is 7.24. The second-order valence-corrected chi connectivity index (χ2v) is 10.7. The fourth-order valence-electron chi connectivity index (χ4n) is 5.57. The van der Waals surface area contributed by atoms with Crippen LogP contribution in [0.4, 0.5) is 0 Å². The Morgan fingerprint density at radius 3 is 2.67 bits per heavy atom. The predicted octanol–water partition coefficient (Wildman–Crippen LogP) is -1.19. The highest BCUT2D eigenvalue weighted by Crippen LogP contribution is 2.55. The lowest BCUT2D eigenvalue weighted by Gasteiger charge is -2.49. The summed E-state index contributed by atoms with van der Waals surface area (Å²) in [7, 11) is 0. The highest BCUT2D eigenvalue weighted by molar-refractivity contribution is 14.1. The number of fused-ring (bicyclic) bond motifs is 4. The molecule has 12 nitrogen and oxygen atoms in total. The molecule has 0 radical (unpaired) electrons. The van der Waals surface area contributed by atoms with E-state index in [1.165, 1.54) is 12.0 Å². The average Bonchev–Trinajstić information content (AvgIpc) is 3.46. The Bertz CT molecular complexity index is 1020. The van der Waals surface area contributed by atoms with Crippen LogP contribution in [0.5, 0.6) is 0 Å². The van der Waals surface area contributed by atoms with E-state index in [1.54, 1.807) is 0 Å². The summed E-state index contributed by atoms with van der Waals surface area (Å²) in [6.07, 6.45) is -3.98. The predicted molar refractivity (Wildman–Crippen MR) is 129 cm³/mol. The monoisotopic (exact) mass is 617 g/mol. The first-order valence-electron chi connectivity index (χ1n) is 11.8. The number of esters is 1. The summed E-state index contributed by atoms with van der Waals surface area (Å²) in [5.41, 5.74) is -0.576. The van der Waals surface area contributed by atoms with Crippen LogP contribution >= 0.6 is 22.6 Å². The number of carbonyl (C=O) groups excluding carboxylic acids is 3. The van der Waals surface area contributed by atoms with E-state index >= 15 is 0 Å². The van der Waals surface area contributed by atoms with Gasteiger partial charge in [-0.15, -0.1) is 0 Å². The van der Waals surface area contributed by atoms with Crippen molar-refractivity contribution in [3.05, 3.63) is 33.4 Å². The van der Waals surface area contributed by atoms with Crippen molar-refractivity contribution in [2.45, 2.75) is 62.5 Å². The van der Waals surface area contributed by atoms with Gasteiger partial charge in [-0.05, 0) is 47.2 Å². The normalized spacial score (nSPS) is 34.4. The fraction of sp³-hybridized carbons (Fsp3) is 0.609. The zero-order valence-corrected chi connectivity index (χ0v) is 21.6. The summed E-state index contributed by atoms with van der Waals surface area (Å²) in [5, 5.41) is 25.8. The molecule has 1 aromatic carbocycles. The number of benzene rings is 1. The number of aliphatic hydroxyl groups excluding tert-OH is 2. The van der Waals surface area contributed by atoms with E-state index in [0.29, 0.717) is 0 Å². The van der Waals surface area contributed by atoms with Gasteiger partial charge < -0.3 is 35.1 Å². The molecular formula is C23H28IN3O9. The van der Waals surface area contributed by atoms with Crippen LogP contribution in [0.2, 0.25) is 0 Å². The molecule has 8 atom stereocenters. The Labute approximate surface area is 220 Å². The molecule has 0 aromatic heterocycles. The molecule has 3 heterocycles. The van der Waals surface area contributed by atoms with Crippen molar-refractivity contribution < 1.29 is 43.6 Å². The highest BCUT2D eigenvalue weighted by Gasteiger charge is 2.74. The summed E-state index contributed by atoms with van der Waals surface area (Å²) >= 11 is 2.20. The van der Waals surface area contributed by atoms with Crippen LogP contribution in [0.3, 0.4) is 0 Å². The van der Waals surface area contributed by atoms with Crippen molar-refractivity contribution in [3.63, 3.8) is 0 Å². The van der Waals surface area contributed by atoms with Gasteiger partial charge in [0, 0.05) is 16.5 Å². The van der Waals surface area contributed by atoms with Crippen molar-refractivity contribution in [2.75, 3.05) is 19.9 Å². The largest absolute Gasteiger partial charge is 0.458 e. The van der Waals surface area contributed by atoms with Gasteiger partial charge in [-0.1, -0.05) is 12.1 Å². The first kappa shape index (κ1) is 25.8. The maximum Gasteiger partial charge on any atom is 0.327 e. The molecule has 2 bridgehead atoms. The zero-order chi connectivity index (χ0) is 25.6. The second-order valence-electron chi connectivity index (χ2n) is 9.44. The summed E-state index contributed by atoms with van der Waals surface area (Å²) in [6, 6.07) is 5.27. The Morgan fingerprint density at radius 2 is 1.97 bits per heavy atom. The Morgan fingerprint density at radius 1 is 1.25 bits per heavy atom. The van der Waals surface area contributed by atoms with Crippen molar-refractivity contribution in [1.29, 1.82) is 0 Å². The van der Waals surface area contributed by atoms with Gasteiger partial charge in [0.05, 0.1) is 19.3 Å². The number of aliphatic hydroxyl groups is 2. The molecule has 3 aliphatic heterocycles. The lowest BCUT2D eigenvalue weighted by Crippen LogP contribution is -2.71. The van der Waals surface area contributed by atoms with Crippen molar-refractivity contribution >= 4 is 40.4 Å². The van der Waals surface area contributed by atoms with Crippen molar-refractivity contribution in [1.82, 2.24) is 15.7 Å². The first-order chi connectivity index (χ1) is 17.3. The van der Waals surface area contributed by atoms with Gasteiger partial charge in [-0.25, -0.2) is 0 Å². The van der Waals surface area contributed by atoms with Gasteiger partial charge in [0.1, 0.15) is 42.7 Å². The van der Waals surface area contributed by atoms with E-state index in [4.69, 9.17) is 24.2 Å². The average molecular weight is 617 g/mol. The first-order valence-corrected chi connectivity index (χ1v) is 12.8. The van der Waals surface area contributed by atoms with Crippen molar-refractivity contribution in [3.8, 4) is 0 Å². The van der Waals surface area contributed by atoms with E-state index in [2.05, 4.69) is 33.2 Å². The smallest absolute Gasteiger partial charge is 0.327 e. The topological polar surface area (TPSA) is 156 Å². The number of nitrogens with zero attached hydrogens (tertiary/aromatic N) is 1. The highest BCUT2D eigenvalue weighted by atomic mass is 127. The van der Waals surface area contributed by atoms with Crippen LogP contribution in [0.15, 0.2) is 24.3 Å². The summed E-state index contributed by atoms with van der Waals surface area (Å²) < 4.78 is 18.2. The Balaban J connectivity index is 1.49. The molecule has 4 fully saturated rings. The zero-order valence-electron chi connectivity index (χ0n) is 19.5. The molecule has 3 saturated heterocycles. The number of carbonyl (C=O) groups is 3. The number of rotatable bonds is 8. The third kappa shape index (κ3) is 4.29. The maximum atomic E-state index is 14.0. The van der Waals surface area contributed by atoms with Gasteiger partial charge in [-0.3, -0.25) is 19.2 Å². The Hall–Kier alpha value is -1.88. The molecule has 1 saturated carbocycles. The number of nitrogens with one attached hydrogen (secondary N) is 2. The third-order valence-corrected chi connectivity index (χ3v) is 7.93. The molecule has 36 heavy (non-hydrogen) atoms. The molecular weight excluding hydrogens is 589 g/mol. The number of hydroxylamine groups is 2. The number of hydrogen-bond donors (Lipinski definition) is 4. The minimum atomic E-state index is -1.44. The molecule has 8 unspecified atom stereocenters. The van der Waals surface area contributed by atoms with Crippen LogP contribution in [-0.4, -0.2) is 95.6 Å². The summed E-state index contributed by atoms with van der Waals surface area (Å²) in [6.45, 7) is 1.22. The van der Waals surface area contributed by atoms with E-state index in [0.717, 1.165) is 9.13 Å². The molecule has 2 amide bonds. The van der Waals surface area contributed by atoms with Crippen LogP contribution < -0.4 is 10.6 Å². The van der Waals surface area contributed by atoms with E-state index in [-0.39, 0.29) is 32.9 Å². The minimum absolute atomic E-state index is 0.0252. The summed E-state index contributed by atoms with van der Waals surface area (Å²) in [5.74, 6) is -1.90. The van der Waals surface area contributed by atoms with Gasteiger partial charge in [-0.2, -0.15) is 5.06 Å². The van der Waals surface area contributed by atoms with E-state index in [1.807, 2.05) is 24.3 Å². The number of ether oxygens (including phenoxy) is 3. The van der Waals surface area contributed by atoms with Crippen LogP contribution in [-0.2, 0) is 40.0 Å². The van der Waals surface area contributed by atoms with Gasteiger partial charge in [0.2, 0.25) is 11.8 Å². The molecule has 0 spiro atoms. The quantitative estimate of drug-likeness (QED) is 0.207. The standard InChI is InChI=1S/C23H28IN3O9/c1-11(29)15(20(30)25-6-7-28)26-22(32)23-8-14-16-17(34-10-33-16)19(23)36-27(18(23)21(31)35-14)9-12-2-4-13(24)5-3-12/h2-5,11,14-19,28-29H,6-10H2,1H3,(H,25,30)(H,26,32). The molecule has 4 N–H and O–H groups in total.